The van der Waals surface area contributed by atoms with Crippen LogP contribution in [0, 0.1) is 0 Å². The van der Waals surface area contributed by atoms with Gasteiger partial charge in [0.15, 0.2) is 12.4 Å². The number of ether oxygens (including phenoxy) is 1. The van der Waals surface area contributed by atoms with Gasteiger partial charge in [-0.3, -0.25) is 9.59 Å². The Morgan fingerprint density at radius 3 is 2.29 bits per heavy atom. The second-order valence-electron chi connectivity index (χ2n) is 4.62. The average Bonchev–Trinajstić information content (AvgIpc) is 2.53. The lowest BCUT2D eigenvalue weighted by Gasteiger charge is -2.05. The Morgan fingerprint density at radius 2 is 1.62 bits per heavy atom. The van der Waals surface area contributed by atoms with E-state index in [1.807, 2.05) is 6.07 Å². The van der Waals surface area contributed by atoms with Crippen molar-refractivity contribution in [2.45, 2.75) is 12.8 Å². The predicted octanol–water partition coefficient (Wildman–Crippen LogP) is 2.75. The van der Waals surface area contributed by atoms with E-state index in [0.717, 1.165) is 5.56 Å². The summed E-state index contributed by atoms with van der Waals surface area (Å²) in [5, 5.41) is 9.16. The van der Waals surface area contributed by atoms with E-state index in [2.05, 4.69) is 0 Å². The molecule has 108 valence electrons. The topological polar surface area (TPSA) is 63.6 Å². The normalized spacial score (nSPS) is 10.1. The van der Waals surface area contributed by atoms with Gasteiger partial charge in [-0.15, -0.1) is 0 Å². The average molecular weight is 284 g/mol. The molecule has 0 aromatic heterocycles. The summed E-state index contributed by atoms with van der Waals surface area (Å²) in [5.74, 6) is -0.435. The molecule has 0 unspecified atom stereocenters. The zero-order chi connectivity index (χ0) is 15.1. The first-order valence-electron chi connectivity index (χ1n) is 6.67. The molecule has 0 atom stereocenters. The Bertz CT molecular complexity index is 602. The molecule has 4 nitrogen and oxygen atoms in total. The summed E-state index contributed by atoms with van der Waals surface area (Å²) in [4.78, 5) is 23.4. The third-order valence-corrected chi connectivity index (χ3v) is 3.01. The van der Waals surface area contributed by atoms with E-state index in [0.29, 0.717) is 12.0 Å². The number of phenolic OH excluding ortho intramolecular Hbond substituents is 1. The number of hydrogen-bond acceptors (Lipinski definition) is 4. The van der Waals surface area contributed by atoms with E-state index >= 15 is 0 Å². The molecule has 0 heterocycles. The fourth-order valence-corrected chi connectivity index (χ4v) is 1.83. The highest BCUT2D eigenvalue weighted by molar-refractivity contribution is 5.97. The molecular weight excluding hydrogens is 268 g/mol. The summed E-state index contributed by atoms with van der Waals surface area (Å²) in [6, 6.07) is 15.4. The van der Waals surface area contributed by atoms with E-state index in [1.54, 1.807) is 48.5 Å². The van der Waals surface area contributed by atoms with Crippen LogP contribution in [0.2, 0.25) is 0 Å². The third kappa shape index (κ3) is 4.76. The molecule has 0 aliphatic carbocycles. The van der Waals surface area contributed by atoms with Gasteiger partial charge in [0.25, 0.3) is 0 Å². The van der Waals surface area contributed by atoms with E-state index < -0.39 is 5.97 Å². The number of phenols is 1. The molecular formula is C17H16O4. The van der Waals surface area contributed by atoms with Crippen LogP contribution in [0.5, 0.6) is 5.75 Å². The highest BCUT2D eigenvalue weighted by Crippen LogP contribution is 2.11. The SMILES string of the molecule is O=C(CCc1ccc(O)cc1)OCC(=O)c1ccccc1. The van der Waals surface area contributed by atoms with Gasteiger partial charge in [0.1, 0.15) is 5.75 Å². The van der Waals surface area contributed by atoms with Crippen LogP contribution in [0.15, 0.2) is 54.6 Å². The number of aryl methyl sites for hydroxylation is 1. The first-order valence-corrected chi connectivity index (χ1v) is 6.67. The van der Waals surface area contributed by atoms with E-state index in [-0.39, 0.29) is 24.6 Å². The smallest absolute Gasteiger partial charge is 0.306 e. The predicted molar refractivity (Wildman–Crippen MR) is 78.2 cm³/mol. The molecule has 0 fully saturated rings. The van der Waals surface area contributed by atoms with Crippen molar-refractivity contribution in [3.63, 3.8) is 0 Å². The molecule has 1 N–H and O–H groups in total. The fraction of sp³-hybridized carbons (Fsp3) is 0.176. The van der Waals surface area contributed by atoms with Crippen LogP contribution in [-0.4, -0.2) is 23.5 Å². The van der Waals surface area contributed by atoms with Gasteiger partial charge in [-0.1, -0.05) is 42.5 Å². The number of benzene rings is 2. The van der Waals surface area contributed by atoms with Crippen LogP contribution in [0.3, 0.4) is 0 Å². The number of carbonyl (C=O) groups is 2. The number of hydrogen-bond donors (Lipinski definition) is 1. The Balaban J connectivity index is 1.75. The summed E-state index contributed by atoms with van der Waals surface area (Å²) < 4.78 is 4.97. The fourth-order valence-electron chi connectivity index (χ4n) is 1.83. The zero-order valence-electron chi connectivity index (χ0n) is 11.5. The van der Waals surface area contributed by atoms with Gasteiger partial charge in [0.2, 0.25) is 0 Å². The van der Waals surface area contributed by atoms with Gasteiger partial charge in [-0.05, 0) is 24.1 Å². The lowest BCUT2D eigenvalue weighted by Crippen LogP contribution is -2.14. The number of carbonyl (C=O) groups excluding carboxylic acids is 2. The molecule has 0 bridgehead atoms. The van der Waals surface area contributed by atoms with E-state index in [1.165, 1.54) is 0 Å². The first-order chi connectivity index (χ1) is 10.1. The lowest BCUT2D eigenvalue weighted by atomic mass is 10.1. The number of aromatic hydroxyl groups is 1. The van der Waals surface area contributed by atoms with Gasteiger partial charge in [0.05, 0.1) is 0 Å². The summed E-state index contributed by atoms with van der Waals surface area (Å²) in [6.07, 6.45) is 0.714. The number of rotatable bonds is 6. The minimum atomic E-state index is -0.410. The molecule has 0 radical (unpaired) electrons. The van der Waals surface area contributed by atoms with Crippen molar-refractivity contribution in [3.05, 3.63) is 65.7 Å². The maximum absolute atomic E-state index is 11.8. The van der Waals surface area contributed by atoms with Crippen molar-refractivity contribution >= 4 is 11.8 Å². The highest BCUT2D eigenvalue weighted by atomic mass is 16.5. The van der Waals surface area contributed by atoms with Crippen molar-refractivity contribution in [2.24, 2.45) is 0 Å². The summed E-state index contributed by atoms with van der Waals surface area (Å²) in [6.45, 7) is -0.238. The molecule has 0 aliphatic heterocycles. The summed E-state index contributed by atoms with van der Waals surface area (Å²) in [7, 11) is 0. The van der Waals surface area contributed by atoms with E-state index in [4.69, 9.17) is 9.84 Å². The molecule has 2 aromatic rings. The van der Waals surface area contributed by atoms with Gasteiger partial charge in [0, 0.05) is 12.0 Å². The van der Waals surface area contributed by atoms with Crippen molar-refractivity contribution in [1.82, 2.24) is 0 Å². The first kappa shape index (κ1) is 14.8. The Kier molecular flexibility index (Phi) is 5.10. The van der Waals surface area contributed by atoms with Crippen LogP contribution < -0.4 is 0 Å². The summed E-state index contributed by atoms with van der Waals surface area (Å²) >= 11 is 0. The zero-order valence-corrected chi connectivity index (χ0v) is 11.5. The van der Waals surface area contributed by atoms with E-state index in [9.17, 15) is 9.59 Å². The quantitative estimate of drug-likeness (QED) is 0.654. The van der Waals surface area contributed by atoms with Crippen molar-refractivity contribution in [2.75, 3.05) is 6.61 Å². The molecule has 0 aliphatic rings. The van der Waals surface area contributed by atoms with Gasteiger partial charge in [-0.25, -0.2) is 0 Å². The number of Topliss-reactive ketones (excluding diaryl/α,β-unsaturated/α-hetero) is 1. The van der Waals surface area contributed by atoms with Crippen molar-refractivity contribution in [3.8, 4) is 5.75 Å². The van der Waals surface area contributed by atoms with Crippen LogP contribution in [-0.2, 0) is 16.0 Å². The maximum Gasteiger partial charge on any atom is 0.306 e. The van der Waals surface area contributed by atoms with Crippen molar-refractivity contribution in [1.29, 1.82) is 0 Å². The molecule has 2 rings (SSSR count). The molecule has 21 heavy (non-hydrogen) atoms. The monoisotopic (exact) mass is 284 g/mol. The lowest BCUT2D eigenvalue weighted by molar-refractivity contribution is -0.142. The third-order valence-electron chi connectivity index (χ3n) is 3.01. The number of ketones is 1. The number of esters is 1. The maximum atomic E-state index is 11.8. The van der Waals surface area contributed by atoms with Crippen LogP contribution >= 0.6 is 0 Å². The standard InChI is InChI=1S/C17H16O4/c18-15-9-6-13(7-10-15)8-11-17(20)21-12-16(19)14-4-2-1-3-5-14/h1-7,9-10,18H,8,11-12H2. The van der Waals surface area contributed by atoms with Gasteiger partial charge in [-0.2, -0.15) is 0 Å². The largest absolute Gasteiger partial charge is 0.508 e. The van der Waals surface area contributed by atoms with Gasteiger partial charge >= 0.3 is 5.97 Å². The minimum Gasteiger partial charge on any atom is -0.508 e. The molecule has 0 saturated heterocycles. The van der Waals surface area contributed by atoms with Gasteiger partial charge < -0.3 is 9.84 Å². The Morgan fingerprint density at radius 1 is 0.952 bits per heavy atom. The molecule has 0 spiro atoms. The minimum absolute atomic E-state index is 0.190. The molecule has 0 amide bonds. The Labute approximate surface area is 123 Å². The molecule has 2 aromatic carbocycles. The summed E-state index contributed by atoms with van der Waals surface area (Å²) in [5.41, 5.74) is 1.46. The van der Waals surface area contributed by atoms with Crippen LogP contribution in [0.1, 0.15) is 22.3 Å². The second-order valence-corrected chi connectivity index (χ2v) is 4.62. The van der Waals surface area contributed by atoms with Crippen LogP contribution in [0.25, 0.3) is 0 Å². The van der Waals surface area contributed by atoms with Crippen LogP contribution in [0.4, 0.5) is 0 Å². The Hall–Kier alpha value is -2.62. The molecule has 0 saturated carbocycles. The highest BCUT2D eigenvalue weighted by Gasteiger charge is 2.09. The molecule has 4 heteroatoms. The second kappa shape index (κ2) is 7.24. The van der Waals surface area contributed by atoms with Crippen molar-refractivity contribution < 1.29 is 19.4 Å².